The summed E-state index contributed by atoms with van der Waals surface area (Å²) in [5.74, 6) is -0.658. The van der Waals surface area contributed by atoms with E-state index in [0.717, 1.165) is 4.90 Å². The maximum Gasteiger partial charge on any atom is 0.253 e. The Kier molecular flexibility index (Phi) is 6.67. The molecule has 1 fully saturated rings. The standard InChI is InChI=1S/C15H23N3O5S/c1-22-8-9-7-10(14(23-2)13(9)21)17-15(24)16-5-6-18-11(19)3-4-12(18)20/h3-4,9-10,13-14,21H,5-8H2,1-2H3,(H2,16,17,24)/t9-,10-,13?,14-/m1/s1. The smallest absolute Gasteiger partial charge is 0.253 e. The number of nitrogens with one attached hydrogen (secondary N) is 2. The molecule has 0 aromatic heterocycles. The lowest BCUT2D eigenvalue weighted by molar-refractivity contribution is -0.136. The molecule has 9 heteroatoms. The third kappa shape index (κ3) is 4.29. The number of hydrogen-bond acceptors (Lipinski definition) is 6. The number of nitrogens with zero attached hydrogens (tertiary/aromatic N) is 1. The van der Waals surface area contributed by atoms with Gasteiger partial charge in [0.25, 0.3) is 11.8 Å². The largest absolute Gasteiger partial charge is 0.390 e. The number of amides is 2. The summed E-state index contributed by atoms with van der Waals surface area (Å²) in [7, 11) is 3.14. The van der Waals surface area contributed by atoms with Crippen molar-refractivity contribution in [1.29, 1.82) is 0 Å². The van der Waals surface area contributed by atoms with Crippen molar-refractivity contribution >= 4 is 29.1 Å². The Balaban J connectivity index is 1.77. The Labute approximate surface area is 146 Å². The monoisotopic (exact) mass is 357 g/mol. The molecule has 0 saturated heterocycles. The summed E-state index contributed by atoms with van der Waals surface area (Å²) in [5.41, 5.74) is 0. The maximum atomic E-state index is 11.4. The predicted octanol–water partition coefficient (Wildman–Crippen LogP) is -1.21. The van der Waals surface area contributed by atoms with Crippen molar-refractivity contribution in [2.45, 2.75) is 24.7 Å². The molecule has 4 atom stereocenters. The number of ether oxygens (including phenoxy) is 2. The van der Waals surface area contributed by atoms with Crippen molar-refractivity contribution in [3.8, 4) is 0 Å². The second kappa shape index (κ2) is 8.52. The minimum Gasteiger partial charge on any atom is -0.390 e. The van der Waals surface area contributed by atoms with Gasteiger partial charge in [0, 0.05) is 45.4 Å². The number of carbonyl (C=O) groups excluding carboxylic acids is 2. The van der Waals surface area contributed by atoms with Gasteiger partial charge in [-0.05, 0) is 18.6 Å². The zero-order chi connectivity index (χ0) is 17.7. The van der Waals surface area contributed by atoms with Gasteiger partial charge in [0.15, 0.2) is 5.11 Å². The van der Waals surface area contributed by atoms with E-state index in [9.17, 15) is 14.7 Å². The van der Waals surface area contributed by atoms with E-state index in [-0.39, 0.29) is 36.4 Å². The highest BCUT2D eigenvalue weighted by Crippen LogP contribution is 2.28. The molecule has 0 radical (unpaired) electrons. The van der Waals surface area contributed by atoms with Gasteiger partial charge in [-0.15, -0.1) is 0 Å². The van der Waals surface area contributed by atoms with Crippen LogP contribution >= 0.6 is 12.2 Å². The summed E-state index contributed by atoms with van der Waals surface area (Å²) in [6.45, 7) is 1.03. The van der Waals surface area contributed by atoms with Crippen molar-refractivity contribution < 1.29 is 24.2 Å². The Hall–Kier alpha value is -1.55. The van der Waals surface area contributed by atoms with Crippen LogP contribution in [0.5, 0.6) is 0 Å². The highest BCUT2D eigenvalue weighted by Gasteiger charge is 2.43. The molecule has 134 valence electrons. The molecule has 2 amide bonds. The highest BCUT2D eigenvalue weighted by molar-refractivity contribution is 7.80. The molecule has 24 heavy (non-hydrogen) atoms. The quantitative estimate of drug-likeness (QED) is 0.385. The van der Waals surface area contributed by atoms with E-state index in [1.807, 2.05) is 0 Å². The lowest BCUT2D eigenvalue weighted by atomic mass is 10.1. The third-order valence-corrected chi connectivity index (χ3v) is 4.53. The Morgan fingerprint density at radius 3 is 2.62 bits per heavy atom. The van der Waals surface area contributed by atoms with Gasteiger partial charge in [0.1, 0.15) is 6.10 Å². The van der Waals surface area contributed by atoms with Gasteiger partial charge >= 0.3 is 0 Å². The van der Waals surface area contributed by atoms with Crippen LogP contribution < -0.4 is 10.6 Å². The summed E-state index contributed by atoms with van der Waals surface area (Å²) < 4.78 is 10.5. The lowest BCUT2D eigenvalue weighted by Crippen LogP contribution is -2.49. The summed E-state index contributed by atoms with van der Waals surface area (Å²) in [6, 6.07) is -0.137. The van der Waals surface area contributed by atoms with Crippen molar-refractivity contribution in [3.63, 3.8) is 0 Å². The lowest BCUT2D eigenvalue weighted by Gasteiger charge is -2.23. The fraction of sp³-hybridized carbons (Fsp3) is 0.667. The molecule has 0 aromatic carbocycles. The molecule has 2 rings (SSSR count). The van der Waals surface area contributed by atoms with E-state index in [1.54, 1.807) is 14.2 Å². The van der Waals surface area contributed by atoms with Crippen LogP contribution in [0.2, 0.25) is 0 Å². The third-order valence-electron chi connectivity index (χ3n) is 4.26. The number of hydrogen-bond donors (Lipinski definition) is 3. The molecule has 3 N–H and O–H groups in total. The number of aliphatic hydroxyl groups excluding tert-OH is 1. The van der Waals surface area contributed by atoms with Gasteiger partial charge in [-0.2, -0.15) is 0 Å². The second-order valence-electron chi connectivity index (χ2n) is 5.81. The number of carbonyl (C=O) groups is 2. The van der Waals surface area contributed by atoms with Gasteiger partial charge in [-0.3, -0.25) is 14.5 Å². The van der Waals surface area contributed by atoms with Gasteiger partial charge in [-0.25, -0.2) is 0 Å². The first-order valence-corrected chi connectivity index (χ1v) is 8.16. The van der Waals surface area contributed by atoms with Gasteiger partial charge in [0.05, 0.1) is 18.8 Å². The summed E-state index contributed by atoms with van der Waals surface area (Å²) in [6.07, 6.45) is 2.16. The molecule has 0 spiro atoms. The number of aliphatic hydroxyl groups is 1. The predicted molar refractivity (Wildman–Crippen MR) is 90.2 cm³/mol. The van der Waals surface area contributed by atoms with Crippen LogP contribution in [0, 0.1) is 5.92 Å². The van der Waals surface area contributed by atoms with E-state index in [4.69, 9.17) is 21.7 Å². The minimum atomic E-state index is -0.624. The van der Waals surface area contributed by atoms with Crippen molar-refractivity contribution in [2.75, 3.05) is 33.9 Å². The molecular formula is C15H23N3O5S. The van der Waals surface area contributed by atoms with E-state index in [2.05, 4.69) is 10.6 Å². The normalized spacial score (nSPS) is 29.4. The van der Waals surface area contributed by atoms with Gasteiger partial charge < -0.3 is 25.2 Å². The molecule has 0 aromatic rings. The fourth-order valence-electron chi connectivity index (χ4n) is 3.08. The van der Waals surface area contributed by atoms with Crippen LogP contribution in [-0.2, 0) is 19.1 Å². The zero-order valence-electron chi connectivity index (χ0n) is 13.7. The molecule has 1 unspecified atom stereocenters. The molecular weight excluding hydrogens is 334 g/mol. The van der Waals surface area contributed by atoms with Gasteiger partial charge in [-0.1, -0.05) is 0 Å². The zero-order valence-corrected chi connectivity index (χ0v) is 14.5. The van der Waals surface area contributed by atoms with Crippen molar-refractivity contribution in [1.82, 2.24) is 15.5 Å². The summed E-state index contributed by atoms with van der Waals surface area (Å²) >= 11 is 5.24. The Bertz CT molecular complexity index is 509. The van der Waals surface area contributed by atoms with Crippen molar-refractivity contribution in [3.05, 3.63) is 12.2 Å². The molecule has 1 aliphatic heterocycles. The van der Waals surface area contributed by atoms with Crippen LogP contribution in [-0.4, -0.2) is 79.1 Å². The molecule has 0 bridgehead atoms. The Morgan fingerprint density at radius 1 is 1.38 bits per heavy atom. The van der Waals surface area contributed by atoms with E-state index < -0.39 is 6.10 Å². The molecule has 1 aliphatic carbocycles. The minimum absolute atomic E-state index is 0.0221. The van der Waals surface area contributed by atoms with E-state index in [1.165, 1.54) is 12.2 Å². The molecule has 2 aliphatic rings. The van der Waals surface area contributed by atoms with E-state index >= 15 is 0 Å². The fourth-order valence-corrected chi connectivity index (χ4v) is 3.34. The first-order valence-electron chi connectivity index (χ1n) is 7.75. The molecule has 1 heterocycles. The number of rotatable bonds is 7. The van der Waals surface area contributed by atoms with Crippen molar-refractivity contribution in [2.24, 2.45) is 5.92 Å². The summed E-state index contributed by atoms with van der Waals surface area (Å²) in [5, 5.41) is 16.7. The first-order chi connectivity index (χ1) is 11.5. The van der Waals surface area contributed by atoms with Crippen LogP contribution in [0.1, 0.15) is 6.42 Å². The van der Waals surface area contributed by atoms with Crippen LogP contribution in [0.15, 0.2) is 12.2 Å². The van der Waals surface area contributed by atoms with Crippen LogP contribution in [0.25, 0.3) is 0 Å². The molecule has 1 saturated carbocycles. The Morgan fingerprint density at radius 2 is 2.04 bits per heavy atom. The van der Waals surface area contributed by atoms with E-state index in [0.29, 0.717) is 24.7 Å². The SMILES string of the molecule is COC[C@H]1C[C@@H](NC(=S)NCCN2C(=O)C=CC2=O)[C@@H](OC)C1O. The number of methoxy groups -OCH3 is 2. The van der Waals surface area contributed by atoms with Crippen LogP contribution in [0.3, 0.4) is 0 Å². The second-order valence-corrected chi connectivity index (χ2v) is 6.22. The molecule has 8 nitrogen and oxygen atoms in total. The first kappa shape index (κ1) is 18.8. The average Bonchev–Trinajstić information content (AvgIpc) is 3.01. The number of imide groups is 1. The average molecular weight is 357 g/mol. The summed E-state index contributed by atoms with van der Waals surface area (Å²) in [4.78, 5) is 24.0. The maximum absolute atomic E-state index is 11.4. The topological polar surface area (TPSA) is 100 Å². The van der Waals surface area contributed by atoms with Gasteiger partial charge in [0.2, 0.25) is 0 Å². The van der Waals surface area contributed by atoms with Crippen LogP contribution in [0.4, 0.5) is 0 Å². The number of thiocarbonyl (C=S) groups is 1. The highest BCUT2D eigenvalue weighted by atomic mass is 32.1.